The van der Waals surface area contributed by atoms with E-state index in [9.17, 15) is 9.59 Å². The zero-order chi connectivity index (χ0) is 29.6. The van der Waals surface area contributed by atoms with Crippen LogP contribution < -0.4 is 5.32 Å². The van der Waals surface area contributed by atoms with Crippen molar-refractivity contribution in [3.05, 3.63) is 54.0 Å². The van der Waals surface area contributed by atoms with Crippen molar-refractivity contribution in [2.45, 2.75) is 90.8 Å². The van der Waals surface area contributed by atoms with E-state index in [4.69, 9.17) is 14.2 Å². The lowest BCUT2D eigenvalue weighted by molar-refractivity contribution is 0.0379. The number of aromatic nitrogens is 3. The highest BCUT2D eigenvalue weighted by molar-refractivity contribution is 6.76. The average molecular weight is 582 g/mol. The lowest BCUT2D eigenvalue weighted by Crippen LogP contribution is -2.49. The lowest BCUT2D eigenvalue weighted by atomic mass is 9.99. The summed E-state index contributed by atoms with van der Waals surface area (Å²) in [6, 6.07) is 10.7. The number of nitrogens with zero attached hydrogens (tertiary/aromatic N) is 4. The van der Waals surface area contributed by atoms with Gasteiger partial charge in [-0.25, -0.2) is 19.6 Å². The highest BCUT2D eigenvalue weighted by Gasteiger charge is 2.31. The van der Waals surface area contributed by atoms with Crippen LogP contribution in [0, 0.1) is 0 Å². The zero-order valence-electron chi connectivity index (χ0n) is 25.1. The highest BCUT2D eigenvalue weighted by atomic mass is 28.3. The van der Waals surface area contributed by atoms with Gasteiger partial charge in [0.15, 0.2) is 0 Å². The van der Waals surface area contributed by atoms with Gasteiger partial charge in [-0.15, -0.1) is 0 Å². The summed E-state index contributed by atoms with van der Waals surface area (Å²) in [4.78, 5) is 36.9. The van der Waals surface area contributed by atoms with E-state index >= 15 is 0 Å². The van der Waals surface area contributed by atoms with Crippen LogP contribution in [0.2, 0.25) is 25.7 Å². The summed E-state index contributed by atoms with van der Waals surface area (Å²) < 4.78 is 19.0. The van der Waals surface area contributed by atoms with Crippen molar-refractivity contribution in [3.8, 4) is 0 Å². The lowest BCUT2D eigenvalue weighted by Gasteiger charge is -2.37. The van der Waals surface area contributed by atoms with Gasteiger partial charge in [0, 0.05) is 39.5 Å². The van der Waals surface area contributed by atoms with E-state index in [1.54, 1.807) is 11.1 Å². The quantitative estimate of drug-likeness (QED) is 0.169. The van der Waals surface area contributed by atoms with Gasteiger partial charge in [0.1, 0.15) is 31.1 Å². The predicted molar refractivity (Wildman–Crippen MR) is 162 cm³/mol. The van der Waals surface area contributed by atoms with Crippen LogP contribution in [0.3, 0.4) is 0 Å². The highest BCUT2D eigenvalue weighted by Crippen LogP contribution is 2.29. The fourth-order valence-electron chi connectivity index (χ4n) is 4.78. The molecule has 3 aromatic rings. The van der Waals surface area contributed by atoms with Gasteiger partial charge in [0.05, 0.1) is 17.1 Å². The molecule has 2 aromatic heterocycles. The van der Waals surface area contributed by atoms with E-state index in [2.05, 4.69) is 34.9 Å². The molecular formula is C30H43N5O5Si. The fourth-order valence-corrected chi connectivity index (χ4v) is 5.54. The van der Waals surface area contributed by atoms with E-state index in [0.717, 1.165) is 24.4 Å². The number of amides is 1. The van der Waals surface area contributed by atoms with Crippen LogP contribution in [-0.2, 0) is 27.5 Å². The van der Waals surface area contributed by atoms with Gasteiger partial charge in [-0.1, -0.05) is 50.0 Å². The van der Waals surface area contributed by atoms with Crippen molar-refractivity contribution in [2.24, 2.45) is 0 Å². The Hall–Kier alpha value is -3.44. The maximum atomic E-state index is 13.1. The fraction of sp³-hybridized carbons (Fsp3) is 0.533. The number of hydrogen-bond acceptors (Lipinski definition) is 8. The zero-order valence-corrected chi connectivity index (χ0v) is 26.1. The topological polar surface area (TPSA) is 108 Å². The van der Waals surface area contributed by atoms with E-state index in [-0.39, 0.29) is 37.6 Å². The van der Waals surface area contributed by atoms with E-state index in [0.29, 0.717) is 35.6 Å². The first-order valence-electron chi connectivity index (χ1n) is 14.4. The second kappa shape index (κ2) is 13.5. The second-order valence-corrected chi connectivity index (χ2v) is 17.8. The van der Waals surface area contributed by atoms with Crippen molar-refractivity contribution in [3.63, 3.8) is 0 Å². The molecule has 1 aromatic carbocycles. The first-order valence-corrected chi connectivity index (χ1v) is 18.1. The Bertz CT molecular complexity index is 1320. The Labute approximate surface area is 243 Å². The first-order chi connectivity index (χ1) is 19.5. The smallest absolute Gasteiger partial charge is 0.410 e. The molecule has 2 atom stereocenters. The van der Waals surface area contributed by atoms with Crippen LogP contribution in [0.15, 0.2) is 42.9 Å². The van der Waals surface area contributed by atoms with Crippen LogP contribution in [0.4, 0.5) is 10.6 Å². The summed E-state index contributed by atoms with van der Waals surface area (Å²) in [5, 5.41) is 4.08. The molecule has 0 radical (unpaired) electrons. The first kappa shape index (κ1) is 30.5. The Morgan fingerprint density at radius 1 is 1.12 bits per heavy atom. The largest absolute Gasteiger partial charge is 0.459 e. The third-order valence-electron chi connectivity index (χ3n) is 7.11. The molecule has 222 valence electrons. The number of esters is 1. The summed E-state index contributed by atoms with van der Waals surface area (Å²) in [6.07, 6.45) is 4.24. The van der Waals surface area contributed by atoms with Crippen LogP contribution in [0.5, 0.6) is 0 Å². The Morgan fingerprint density at radius 2 is 1.88 bits per heavy atom. The van der Waals surface area contributed by atoms with E-state index < -0.39 is 14.0 Å². The maximum absolute atomic E-state index is 13.1. The molecular weight excluding hydrogens is 538 g/mol. The molecule has 0 unspecified atom stereocenters. The second-order valence-electron chi connectivity index (χ2n) is 12.2. The van der Waals surface area contributed by atoms with Crippen LogP contribution in [0.1, 0.15) is 49.5 Å². The number of ether oxygens (including phenoxy) is 3. The van der Waals surface area contributed by atoms with Gasteiger partial charge < -0.3 is 29.0 Å². The minimum Gasteiger partial charge on any atom is -0.459 e. The summed E-state index contributed by atoms with van der Waals surface area (Å²) in [5.74, 6) is 0.0933. The normalized spacial score (nSPS) is 17.6. The molecule has 11 heteroatoms. The summed E-state index contributed by atoms with van der Waals surface area (Å²) in [7, 11) is -1.24. The summed E-state index contributed by atoms with van der Waals surface area (Å²) in [5.41, 5.74) is 1.92. The molecule has 0 spiro atoms. The standard InChI is InChI=1S/C30H43N5O5Si/c1-21(2)40-29(36)25-17-34(20-38-14-15-41(4,5)6)28-26(25)27(31-19-32-28)33-24-13-12-22(3)35(16-24)30(37)39-18-23-10-8-7-9-11-23/h7-11,17,19,21-22,24H,12-16,18,20H2,1-6H3,(H,31,32,33)/t22-,24-/m0/s1. The average Bonchev–Trinajstić information content (AvgIpc) is 3.30. The van der Waals surface area contributed by atoms with Crippen LogP contribution in [0.25, 0.3) is 11.0 Å². The molecule has 1 amide bonds. The molecule has 0 aliphatic carbocycles. The molecule has 10 nitrogen and oxygen atoms in total. The molecule has 4 rings (SSSR count). The van der Waals surface area contributed by atoms with E-state index in [1.807, 2.05) is 55.7 Å². The van der Waals surface area contributed by atoms with Crippen molar-refractivity contribution < 1.29 is 23.8 Å². The Balaban J connectivity index is 1.52. The molecule has 1 aliphatic heterocycles. The molecule has 0 saturated carbocycles. The number of likely N-dealkylation sites (tertiary alicyclic amines) is 1. The summed E-state index contributed by atoms with van der Waals surface area (Å²) >= 11 is 0. The number of carbonyl (C=O) groups is 2. The SMILES string of the molecule is CC(C)OC(=O)c1cn(COCC[Si](C)(C)C)c2ncnc(N[C@H]3CC[C@H](C)N(C(=O)OCc4ccccc4)C3)c12. The molecule has 1 fully saturated rings. The molecule has 1 saturated heterocycles. The third-order valence-corrected chi connectivity index (χ3v) is 8.81. The Morgan fingerprint density at radius 3 is 2.59 bits per heavy atom. The van der Waals surface area contributed by atoms with Crippen LogP contribution >= 0.6 is 0 Å². The number of anilines is 1. The van der Waals surface area contributed by atoms with Gasteiger partial charge >= 0.3 is 12.1 Å². The third kappa shape index (κ3) is 8.29. The molecule has 0 bridgehead atoms. The number of fused-ring (bicyclic) bond motifs is 1. The number of hydrogen-bond donors (Lipinski definition) is 1. The summed E-state index contributed by atoms with van der Waals surface area (Å²) in [6.45, 7) is 14.2. The molecule has 1 aliphatic rings. The molecule has 1 N–H and O–H groups in total. The van der Waals surface area contributed by atoms with Crippen LogP contribution in [-0.4, -0.2) is 70.9 Å². The number of rotatable bonds is 11. The van der Waals surface area contributed by atoms with Gasteiger partial charge in [0.2, 0.25) is 0 Å². The van der Waals surface area contributed by atoms with Crippen molar-refractivity contribution >= 4 is 37.0 Å². The number of nitrogens with one attached hydrogen (secondary N) is 1. The van der Waals surface area contributed by atoms with Crippen molar-refractivity contribution in [1.82, 2.24) is 19.4 Å². The van der Waals surface area contributed by atoms with Crippen molar-refractivity contribution in [1.29, 1.82) is 0 Å². The van der Waals surface area contributed by atoms with Crippen molar-refractivity contribution in [2.75, 3.05) is 18.5 Å². The number of carbonyl (C=O) groups excluding carboxylic acids is 2. The monoisotopic (exact) mass is 581 g/mol. The van der Waals surface area contributed by atoms with Gasteiger partial charge in [-0.05, 0) is 45.2 Å². The van der Waals surface area contributed by atoms with E-state index in [1.165, 1.54) is 6.33 Å². The minimum atomic E-state index is -1.24. The molecule has 41 heavy (non-hydrogen) atoms. The van der Waals surface area contributed by atoms with Gasteiger partial charge in [-0.3, -0.25) is 0 Å². The number of piperidine rings is 1. The Kier molecular flexibility index (Phi) is 10.0. The number of benzene rings is 1. The molecule has 3 heterocycles. The predicted octanol–water partition coefficient (Wildman–Crippen LogP) is 5.91. The van der Waals surface area contributed by atoms with Gasteiger partial charge in [0.25, 0.3) is 0 Å². The van der Waals surface area contributed by atoms with Gasteiger partial charge in [-0.2, -0.15) is 0 Å². The minimum absolute atomic E-state index is 0.0488. The maximum Gasteiger partial charge on any atom is 0.410 e.